The van der Waals surface area contributed by atoms with E-state index >= 15 is 0 Å². The van der Waals surface area contributed by atoms with Crippen molar-refractivity contribution in [3.63, 3.8) is 0 Å². The van der Waals surface area contributed by atoms with Gasteiger partial charge in [-0.05, 0) is 39.7 Å². The van der Waals surface area contributed by atoms with Gasteiger partial charge in [-0.1, -0.05) is 6.92 Å². The maximum absolute atomic E-state index is 12.2. The first kappa shape index (κ1) is 15.7. The first-order valence-electron chi connectivity index (χ1n) is 7.73. The molecule has 0 bridgehead atoms. The van der Waals surface area contributed by atoms with Gasteiger partial charge in [0.15, 0.2) is 0 Å². The van der Waals surface area contributed by atoms with Crippen LogP contribution in [-0.4, -0.2) is 61.4 Å². The molecule has 0 spiro atoms. The van der Waals surface area contributed by atoms with E-state index in [1.54, 1.807) is 0 Å². The number of nitrogens with zero attached hydrogens (tertiary/aromatic N) is 1. The van der Waals surface area contributed by atoms with Gasteiger partial charge < -0.3 is 14.8 Å². The summed E-state index contributed by atoms with van der Waals surface area (Å²) in [6.45, 7) is 8.89. The van der Waals surface area contributed by atoms with Crippen LogP contribution in [0.25, 0.3) is 0 Å². The third-order valence-electron chi connectivity index (χ3n) is 4.70. The van der Waals surface area contributed by atoms with Gasteiger partial charge in [0.05, 0.1) is 19.8 Å². The Labute approximate surface area is 122 Å². The zero-order valence-corrected chi connectivity index (χ0v) is 13.1. The molecular weight excluding hydrogens is 256 g/mol. The van der Waals surface area contributed by atoms with Gasteiger partial charge >= 0.3 is 5.97 Å². The molecule has 1 aliphatic carbocycles. The molecule has 1 heterocycles. The Morgan fingerprint density at radius 3 is 2.90 bits per heavy atom. The molecule has 0 aromatic rings. The number of hydrogen-bond donors (Lipinski definition) is 1. The Morgan fingerprint density at radius 1 is 1.50 bits per heavy atom. The highest BCUT2D eigenvalue weighted by atomic mass is 16.5. The minimum absolute atomic E-state index is 0.115. The van der Waals surface area contributed by atoms with Crippen molar-refractivity contribution in [3.05, 3.63) is 0 Å². The van der Waals surface area contributed by atoms with Crippen molar-refractivity contribution in [2.24, 2.45) is 0 Å². The maximum Gasteiger partial charge on any atom is 0.326 e. The van der Waals surface area contributed by atoms with E-state index in [1.165, 1.54) is 7.11 Å². The Morgan fingerprint density at radius 2 is 2.25 bits per heavy atom. The second-order valence-corrected chi connectivity index (χ2v) is 6.19. The number of ether oxygens (including phenoxy) is 2. The Bertz CT molecular complexity index is 350. The molecule has 2 aliphatic rings. The highest BCUT2D eigenvalue weighted by Crippen LogP contribution is 2.36. The second kappa shape index (κ2) is 6.41. The predicted molar refractivity (Wildman–Crippen MR) is 77.6 cm³/mol. The van der Waals surface area contributed by atoms with Gasteiger partial charge in [-0.2, -0.15) is 0 Å². The van der Waals surface area contributed by atoms with Crippen molar-refractivity contribution < 1.29 is 14.3 Å². The van der Waals surface area contributed by atoms with Crippen LogP contribution in [0, 0.1) is 0 Å². The number of likely N-dealkylation sites (N-methyl/N-ethyl adjacent to an activating group) is 1. The number of morpholine rings is 1. The number of carbonyl (C=O) groups excluding carboxylic acids is 1. The van der Waals surface area contributed by atoms with Crippen molar-refractivity contribution in [3.8, 4) is 0 Å². The van der Waals surface area contributed by atoms with Crippen molar-refractivity contribution in [1.82, 2.24) is 10.2 Å². The fourth-order valence-corrected chi connectivity index (χ4v) is 3.69. The summed E-state index contributed by atoms with van der Waals surface area (Å²) in [4.78, 5) is 14.7. The van der Waals surface area contributed by atoms with Crippen LogP contribution in [0.4, 0.5) is 0 Å². The second-order valence-electron chi connectivity index (χ2n) is 6.19. The van der Waals surface area contributed by atoms with E-state index in [2.05, 4.69) is 24.1 Å². The number of hydrogen-bond acceptors (Lipinski definition) is 5. The van der Waals surface area contributed by atoms with Gasteiger partial charge in [-0.25, -0.2) is 0 Å². The quantitative estimate of drug-likeness (QED) is 0.785. The largest absolute Gasteiger partial charge is 0.468 e. The van der Waals surface area contributed by atoms with Gasteiger partial charge in [0, 0.05) is 18.6 Å². The van der Waals surface area contributed by atoms with Crippen LogP contribution in [-0.2, 0) is 14.3 Å². The van der Waals surface area contributed by atoms with E-state index < -0.39 is 5.54 Å². The Balaban J connectivity index is 2.07. The number of carbonyl (C=O) groups is 1. The number of rotatable bonds is 4. The number of nitrogens with one attached hydrogen (secondary N) is 1. The molecule has 116 valence electrons. The molecule has 0 aromatic carbocycles. The normalized spacial score (nSPS) is 38.9. The lowest BCUT2D eigenvalue weighted by Crippen LogP contribution is -2.55. The molecule has 1 saturated heterocycles. The first-order valence-corrected chi connectivity index (χ1v) is 7.73. The minimum Gasteiger partial charge on any atom is -0.468 e. The SMILES string of the molecule is CCNC1(C(=O)OC)CCC(N2CC(C)OCC2C)C1. The van der Waals surface area contributed by atoms with Crippen molar-refractivity contribution in [2.75, 3.05) is 26.8 Å². The zero-order chi connectivity index (χ0) is 14.8. The van der Waals surface area contributed by atoms with Gasteiger partial charge in [-0.15, -0.1) is 0 Å². The molecule has 0 radical (unpaired) electrons. The molecule has 1 aliphatic heterocycles. The first-order chi connectivity index (χ1) is 9.52. The molecule has 5 heteroatoms. The molecule has 2 rings (SSSR count). The van der Waals surface area contributed by atoms with E-state index in [-0.39, 0.29) is 12.1 Å². The van der Waals surface area contributed by atoms with Gasteiger partial charge in [-0.3, -0.25) is 9.69 Å². The molecule has 0 aromatic heterocycles. The van der Waals surface area contributed by atoms with Crippen LogP contribution < -0.4 is 5.32 Å². The lowest BCUT2D eigenvalue weighted by molar-refractivity contribution is -0.148. The third kappa shape index (κ3) is 3.00. The summed E-state index contributed by atoms with van der Waals surface area (Å²) in [6.07, 6.45) is 3.01. The molecule has 0 amide bonds. The average Bonchev–Trinajstić information content (AvgIpc) is 2.86. The van der Waals surface area contributed by atoms with E-state index in [0.29, 0.717) is 12.1 Å². The summed E-state index contributed by atoms with van der Waals surface area (Å²) in [7, 11) is 1.48. The van der Waals surface area contributed by atoms with Crippen LogP contribution in [0.2, 0.25) is 0 Å². The van der Waals surface area contributed by atoms with E-state index in [9.17, 15) is 4.79 Å². The minimum atomic E-state index is -0.491. The average molecular weight is 284 g/mol. The molecule has 20 heavy (non-hydrogen) atoms. The number of esters is 1. The van der Waals surface area contributed by atoms with Gasteiger partial charge in [0.25, 0.3) is 0 Å². The molecule has 4 unspecified atom stereocenters. The maximum atomic E-state index is 12.2. The topological polar surface area (TPSA) is 50.8 Å². The van der Waals surface area contributed by atoms with Crippen LogP contribution in [0.3, 0.4) is 0 Å². The van der Waals surface area contributed by atoms with Crippen LogP contribution in [0.15, 0.2) is 0 Å². The molecular formula is C15H28N2O3. The highest BCUT2D eigenvalue weighted by molar-refractivity contribution is 5.81. The van der Waals surface area contributed by atoms with Crippen LogP contribution in [0.5, 0.6) is 0 Å². The molecule has 1 saturated carbocycles. The Hall–Kier alpha value is -0.650. The van der Waals surface area contributed by atoms with Crippen molar-refractivity contribution in [1.29, 1.82) is 0 Å². The summed E-state index contributed by atoms with van der Waals surface area (Å²) in [5.74, 6) is -0.115. The van der Waals surface area contributed by atoms with E-state index in [4.69, 9.17) is 9.47 Å². The highest BCUT2D eigenvalue weighted by Gasteiger charge is 2.48. The summed E-state index contributed by atoms with van der Waals surface area (Å²) in [5.41, 5.74) is -0.491. The molecule has 2 fully saturated rings. The van der Waals surface area contributed by atoms with Crippen molar-refractivity contribution >= 4 is 5.97 Å². The smallest absolute Gasteiger partial charge is 0.326 e. The summed E-state index contributed by atoms with van der Waals surface area (Å²) < 4.78 is 10.7. The summed E-state index contributed by atoms with van der Waals surface area (Å²) >= 11 is 0. The Kier molecular flexibility index (Phi) is 5.04. The van der Waals surface area contributed by atoms with Gasteiger partial charge in [0.2, 0.25) is 0 Å². The third-order valence-corrected chi connectivity index (χ3v) is 4.70. The zero-order valence-electron chi connectivity index (χ0n) is 13.1. The van der Waals surface area contributed by atoms with E-state index in [0.717, 1.165) is 39.0 Å². The monoisotopic (exact) mass is 284 g/mol. The molecule has 1 N–H and O–H groups in total. The fraction of sp³-hybridized carbons (Fsp3) is 0.933. The molecule has 4 atom stereocenters. The number of methoxy groups -OCH3 is 1. The summed E-state index contributed by atoms with van der Waals surface area (Å²) in [5, 5.41) is 3.37. The lowest BCUT2D eigenvalue weighted by Gasteiger charge is -2.41. The van der Waals surface area contributed by atoms with Crippen LogP contribution >= 0.6 is 0 Å². The standard InChI is InChI=1S/C15H28N2O3/c1-5-16-15(14(18)19-4)7-6-13(8-15)17-9-12(3)20-10-11(17)2/h11-13,16H,5-10H2,1-4H3. The predicted octanol–water partition coefficient (Wildman–Crippen LogP) is 1.17. The van der Waals surface area contributed by atoms with Crippen molar-refractivity contribution in [2.45, 2.75) is 63.8 Å². The fourth-order valence-electron chi connectivity index (χ4n) is 3.69. The summed E-state index contributed by atoms with van der Waals surface area (Å²) in [6, 6.07) is 0.862. The van der Waals surface area contributed by atoms with E-state index in [1.807, 2.05) is 6.92 Å². The van der Waals surface area contributed by atoms with Crippen LogP contribution in [0.1, 0.15) is 40.0 Å². The molecule has 5 nitrogen and oxygen atoms in total. The lowest BCUT2D eigenvalue weighted by atomic mass is 9.96. The van der Waals surface area contributed by atoms with Gasteiger partial charge in [0.1, 0.15) is 5.54 Å².